The first kappa shape index (κ1) is 14.8. The monoisotopic (exact) mass is 326 g/mol. The molecular weight excluding hydrogens is 300 g/mol. The molecule has 2 saturated carbocycles. The minimum absolute atomic E-state index is 0.324. The van der Waals surface area contributed by atoms with Crippen LogP contribution in [0.1, 0.15) is 61.6 Å². The van der Waals surface area contributed by atoms with Crippen LogP contribution in [0.5, 0.6) is 0 Å². The van der Waals surface area contributed by atoms with Crippen molar-refractivity contribution in [2.24, 2.45) is 17.8 Å². The molecule has 0 bridgehead atoms. The van der Waals surface area contributed by atoms with E-state index in [1.807, 2.05) is 6.20 Å². The third kappa shape index (κ3) is 2.44. The molecule has 0 radical (unpaired) electrons. The topological polar surface area (TPSA) is 58.1 Å². The first-order valence-electron chi connectivity index (χ1n) is 9.68. The van der Waals surface area contributed by atoms with E-state index in [9.17, 15) is 4.79 Å². The second-order valence-corrected chi connectivity index (χ2v) is 8.00. The van der Waals surface area contributed by atoms with Gasteiger partial charge in [-0.15, -0.1) is 0 Å². The normalized spacial score (nSPS) is 34.6. The number of nitrogens with zero attached hydrogens (tertiary/aromatic N) is 3. The summed E-state index contributed by atoms with van der Waals surface area (Å²) in [6.45, 7) is 2.61. The number of nitrogens with one attached hydrogen (secondary N) is 1. The summed E-state index contributed by atoms with van der Waals surface area (Å²) in [5.74, 6) is 3.06. The number of hydrogen-bond acceptors (Lipinski definition) is 4. The van der Waals surface area contributed by atoms with Crippen LogP contribution in [0.2, 0.25) is 0 Å². The highest BCUT2D eigenvalue weighted by molar-refractivity contribution is 5.82. The molecule has 1 amide bonds. The maximum Gasteiger partial charge on any atom is 0.226 e. The molecule has 5 heteroatoms. The van der Waals surface area contributed by atoms with Crippen LogP contribution in [0.3, 0.4) is 0 Å². The maximum atomic E-state index is 12.9. The molecule has 0 aromatic carbocycles. The van der Waals surface area contributed by atoms with Gasteiger partial charge in [-0.1, -0.05) is 12.8 Å². The van der Waals surface area contributed by atoms with Crippen molar-refractivity contribution in [3.8, 4) is 0 Å². The molecule has 2 aliphatic carbocycles. The number of carbonyl (C=O) groups excluding carboxylic acids is 1. The Morgan fingerprint density at radius 3 is 2.75 bits per heavy atom. The lowest BCUT2D eigenvalue weighted by atomic mass is 10.0. The molecule has 2 aliphatic heterocycles. The number of carbonyl (C=O) groups is 1. The molecule has 5 rings (SSSR count). The molecule has 1 N–H and O–H groups in total. The summed E-state index contributed by atoms with van der Waals surface area (Å²) in [6, 6.07) is 0.324. The molecule has 1 aromatic heterocycles. The van der Waals surface area contributed by atoms with Crippen molar-refractivity contribution >= 4 is 5.91 Å². The van der Waals surface area contributed by atoms with E-state index >= 15 is 0 Å². The molecule has 3 heterocycles. The Morgan fingerprint density at radius 1 is 1.17 bits per heavy atom. The SMILES string of the molecule is O=C(C1[C@H]2CCCC[C@@H]12)N1CCc2nc([C@H]3CCCN3)ncc2C1. The second kappa shape index (κ2) is 5.80. The lowest BCUT2D eigenvalue weighted by molar-refractivity contribution is -0.134. The summed E-state index contributed by atoms with van der Waals surface area (Å²) in [5, 5.41) is 3.47. The van der Waals surface area contributed by atoms with Gasteiger partial charge in [0, 0.05) is 37.2 Å². The molecular formula is C19H26N4O. The third-order valence-corrected chi connectivity index (χ3v) is 6.58. The molecule has 24 heavy (non-hydrogen) atoms. The van der Waals surface area contributed by atoms with E-state index in [-0.39, 0.29) is 0 Å². The van der Waals surface area contributed by atoms with E-state index in [1.165, 1.54) is 32.1 Å². The van der Waals surface area contributed by atoms with Gasteiger partial charge < -0.3 is 10.2 Å². The Balaban J connectivity index is 1.29. The fraction of sp³-hybridized carbons (Fsp3) is 0.737. The van der Waals surface area contributed by atoms with Crippen LogP contribution in [0.25, 0.3) is 0 Å². The van der Waals surface area contributed by atoms with Gasteiger partial charge in [0.2, 0.25) is 5.91 Å². The van der Waals surface area contributed by atoms with E-state index in [2.05, 4.69) is 15.2 Å². The van der Waals surface area contributed by atoms with E-state index in [1.54, 1.807) is 0 Å². The Bertz CT molecular complexity index is 643. The lowest BCUT2D eigenvalue weighted by Crippen LogP contribution is -2.38. The summed E-state index contributed by atoms with van der Waals surface area (Å²) < 4.78 is 0. The fourth-order valence-electron chi connectivity index (χ4n) is 5.16. The Labute approximate surface area is 143 Å². The molecule has 4 atom stereocenters. The molecule has 128 valence electrons. The smallest absolute Gasteiger partial charge is 0.226 e. The molecule has 3 fully saturated rings. The highest BCUT2D eigenvalue weighted by Gasteiger charge is 2.55. The molecule has 1 aromatic rings. The summed E-state index contributed by atoms with van der Waals surface area (Å²) >= 11 is 0. The average molecular weight is 326 g/mol. The average Bonchev–Trinajstić information content (AvgIpc) is 3.09. The number of rotatable bonds is 2. The minimum Gasteiger partial charge on any atom is -0.338 e. The predicted molar refractivity (Wildman–Crippen MR) is 90.1 cm³/mol. The molecule has 0 spiro atoms. The number of hydrogen-bond donors (Lipinski definition) is 1. The largest absolute Gasteiger partial charge is 0.338 e. The van der Waals surface area contributed by atoms with Crippen LogP contribution >= 0.6 is 0 Å². The van der Waals surface area contributed by atoms with Crippen molar-refractivity contribution in [2.75, 3.05) is 13.1 Å². The number of amides is 1. The maximum absolute atomic E-state index is 12.9. The Kier molecular flexibility index (Phi) is 3.58. The van der Waals surface area contributed by atoms with Crippen molar-refractivity contribution in [1.29, 1.82) is 0 Å². The third-order valence-electron chi connectivity index (χ3n) is 6.58. The van der Waals surface area contributed by atoms with Crippen LogP contribution in [0.15, 0.2) is 6.20 Å². The van der Waals surface area contributed by atoms with Crippen LogP contribution in [-0.4, -0.2) is 33.9 Å². The Morgan fingerprint density at radius 2 is 2.00 bits per heavy atom. The van der Waals surface area contributed by atoms with Gasteiger partial charge in [-0.25, -0.2) is 9.97 Å². The van der Waals surface area contributed by atoms with Crippen LogP contribution < -0.4 is 5.32 Å². The number of aromatic nitrogens is 2. The van der Waals surface area contributed by atoms with E-state index < -0.39 is 0 Å². The molecule has 1 saturated heterocycles. The highest BCUT2D eigenvalue weighted by atomic mass is 16.2. The summed E-state index contributed by atoms with van der Waals surface area (Å²) in [6.07, 6.45) is 10.4. The lowest BCUT2D eigenvalue weighted by Gasteiger charge is -2.29. The molecule has 4 aliphatic rings. The van der Waals surface area contributed by atoms with Gasteiger partial charge in [0.1, 0.15) is 5.82 Å². The predicted octanol–water partition coefficient (Wildman–Crippen LogP) is 2.22. The van der Waals surface area contributed by atoms with Crippen molar-refractivity contribution < 1.29 is 4.79 Å². The van der Waals surface area contributed by atoms with E-state index in [0.717, 1.165) is 43.0 Å². The number of fused-ring (bicyclic) bond motifs is 2. The standard InChI is InChI=1S/C19H26N4O/c24-19(17-13-4-1-2-5-14(13)17)23-9-7-15-12(11-23)10-21-18(22-15)16-6-3-8-20-16/h10,13-14,16-17,20H,1-9,11H2/t13-,14+,16-,17?/m1/s1. The van der Waals surface area contributed by atoms with Gasteiger partial charge >= 0.3 is 0 Å². The summed E-state index contributed by atoms with van der Waals surface area (Å²) in [7, 11) is 0. The van der Waals surface area contributed by atoms with Crippen LogP contribution in [-0.2, 0) is 17.8 Å². The second-order valence-electron chi connectivity index (χ2n) is 8.00. The van der Waals surface area contributed by atoms with Crippen molar-refractivity contribution in [3.05, 3.63) is 23.3 Å². The Hall–Kier alpha value is -1.49. The van der Waals surface area contributed by atoms with Crippen molar-refractivity contribution in [3.63, 3.8) is 0 Å². The van der Waals surface area contributed by atoms with Crippen molar-refractivity contribution in [2.45, 2.75) is 57.5 Å². The van der Waals surface area contributed by atoms with E-state index in [4.69, 9.17) is 4.98 Å². The first-order chi connectivity index (χ1) is 11.8. The minimum atomic E-state index is 0.324. The quantitative estimate of drug-likeness (QED) is 0.905. The van der Waals surface area contributed by atoms with Crippen LogP contribution in [0, 0.1) is 17.8 Å². The van der Waals surface area contributed by atoms with Gasteiger partial charge in [0.05, 0.1) is 11.7 Å². The van der Waals surface area contributed by atoms with Crippen molar-refractivity contribution in [1.82, 2.24) is 20.2 Å². The van der Waals surface area contributed by atoms with Gasteiger partial charge in [0.15, 0.2) is 0 Å². The van der Waals surface area contributed by atoms with Gasteiger partial charge in [-0.2, -0.15) is 0 Å². The zero-order valence-corrected chi connectivity index (χ0v) is 14.2. The highest BCUT2D eigenvalue weighted by Crippen LogP contribution is 2.56. The van der Waals surface area contributed by atoms with Gasteiger partial charge in [-0.3, -0.25) is 4.79 Å². The zero-order valence-electron chi connectivity index (χ0n) is 14.2. The van der Waals surface area contributed by atoms with E-state index in [0.29, 0.717) is 36.2 Å². The molecule has 1 unspecified atom stereocenters. The zero-order chi connectivity index (χ0) is 16.1. The van der Waals surface area contributed by atoms with Gasteiger partial charge in [0.25, 0.3) is 0 Å². The summed E-state index contributed by atoms with van der Waals surface area (Å²) in [5.41, 5.74) is 2.31. The first-order valence-corrected chi connectivity index (χ1v) is 9.68. The van der Waals surface area contributed by atoms with Gasteiger partial charge in [-0.05, 0) is 44.1 Å². The molecule has 5 nitrogen and oxygen atoms in total. The summed E-state index contributed by atoms with van der Waals surface area (Å²) in [4.78, 5) is 24.4. The van der Waals surface area contributed by atoms with Crippen LogP contribution in [0.4, 0.5) is 0 Å². The fourth-order valence-corrected chi connectivity index (χ4v) is 5.16.